The molecule has 0 radical (unpaired) electrons. The predicted octanol–water partition coefficient (Wildman–Crippen LogP) is 6.30. The summed E-state index contributed by atoms with van der Waals surface area (Å²) in [5, 5.41) is 10.1. The van der Waals surface area contributed by atoms with Crippen LogP contribution >= 0.6 is 0 Å². The molecular formula is C30H23FO4. The lowest BCUT2D eigenvalue weighted by Crippen LogP contribution is -2.52. The summed E-state index contributed by atoms with van der Waals surface area (Å²) in [5.74, 6) is -3.80. The number of carbonyl (C=O) groups is 2. The van der Waals surface area contributed by atoms with Gasteiger partial charge >= 0.3 is 11.9 Å². The monoisotopic (exact) mass is 466 g/mol. The average Bonchev–Trinajstić information content (AvgIpc) is 2.85. The van der Waals surface area contributed by atoms with E-state index in [1.54, 1.807) is 30.3 Å². The van der Waals surface area contributed by atoms with Crippen LogP contribution in [0.15, 0.2) is 109 Å². The number of carboxylic acids is 1. The number of aliphatic carboxylic acids is 1. The molecule has 1 aliphatic carbocycles. The van der Waals surface area contributed by atoms with Gasteiger partial charge in [0.15, 0.2) is 0 Å². The zero-order valence-electron chi connectivity index (χ0n) is 18.8. The third-order valence-corrected chi connectivity index (χ3v) is 6.70. The normalized spacial score (nSPS) is 21.1. The Labute approximate surface area is 202 Å². The molecular weight excluding hydrogens is 443 g/mol. The van der Waals surface area contributed by atoms with E-state index in [9.17, 15) is 19.1 Å². The van der Waals surface area contributed by atoms with Gasteiger partial charge in [-0.1, -0.05) is 84.9 Å². The van der Waals surface area contributed by atoms with E-state index < -0.39 is 35.6 Å². The fraction of sp³-hybridized carbons (Fsp3) is 0.133. The first-order valence-electron chi connectivity index (χ1n) is 11.4. The summed E-state index contributed by atoms with van der Waals surface area (Å²) in [7, 11) is 0. The third-order valence-electron chi connectivity index (χ3n) is 6.70. The highest BCUT2D eigenvalue weighted by Crippen LogP contribution is 2.58. The minimum absolute atomic E-state index is 0.326. The third kappa shape index (κ3) is 4.45. The molecule has 35 heavy (non-hydrogen) atoms. The molecule has 1 N–H and O–H groups in total. The molecule has 4 nitrogen and oxygen atoms in total. The second kappa shape index (κ2) is 9.55. The molecule has 4 aromatic rings. The number of esters is 1. The lowest BCUT2D eigenvalue weighted by Gasteiger charge is -2.48. The second-order valence-corrected chi connectivity index (χ2v) is 8.72. The molecule has 2 atom stereocenters. The first-order valence-corrected chi connectivity index (χ1v) is 11.4. The summed E-state index contributed by atoms with van der Waals surface area (Å²) in [6, 6.07) is 31.7. The van der Waals surface area contributed by atoms with Crippen LogP contribution in [0.4, 0.5) is 4.39 Å². The molecule has 5 rings (SSSR count). The topological polar surface area (TPSA) is 63.6 Å². The van der Waals surface area contributed by atoms with E-state index in [1.165, 1.54) is 12.1 Å². The van der Waals surface area contributed by atoms with Crippen LogP contribution in [0.25, 0.3) is 11.1 Å². The molecule has 0 aliphatic heterocycles. The molecule has 5 heteroatoms. The molecule has 174 valence electrons. The summed E-state index contributed by atoms with van der Waals surface area (Å²) in [6.07, 6.45) is 0. The fourth-order valence-electron chi connectivity index (χ4n) is 5.09. The maximum absolute atomic E-state index is 13.6. The lowest BCUT2D eigenvalue weighted by atomic mass is 9.52. The first-order chi connectivity index (χ1) is 17.0. The molecule has 0 spiro atoms. The number of rotatable bonds is 6. The van der Waals surface area contributed by atoms with Gasteiger partial charge in [0.2, 0.25) is 0 Å². The molecule has 0 amide bonds. The number of halogens is 1. The molecule has 0 heterocycles. The van der Waals surface area contributed by atoms with Gasteiger partial charge < -0.3 is 9.84 Å². The zero-order valence-corrected chi connectivity index (χ0v) is 18.8. The van der Waals surface area contributed by atoms with Crippen molar-refractivity contribution in [2.24, 2.45) is 11.8 Å². The standard InChI is InChI=1S/C30H23FO4/c31-23-16-14-19(15-17-23)22-12-7-13-24(18-22)35-30(34)28-25(20-8-3-1-4-9-20)27(29(32)33)26(28)21-10-5-2-6-11-21/h1-18,25-28H,(H,32,33). The van der Waals surface area contributed by atoms with Crippen molar-refractivity contribution in [3.05, 3.63) is 126 Å². The number of carbonyl (C=O) groups excluding carboxylic acids is 1. The Morgan fingerprint density at radius 2 is 1.23 bits per heavy atom. The van der Waals surface area contributed by atoms with Gasteiger partial charge in [0.25, 0.3) is 0 Å². The van der Waals surface area contributed by atoms with Gasteiger partial charge in [-0.15, -0.1) is 0 Å². The molecule has 0 aromatic heterocycles. The Bertz CT molecular complexity index is 1290. The zero-order chi connectivity index (χ0) is 24.4. The smallest absolute Gasteiger partial charge is 0.315 e. The quantitative estimate of drug-likeness (QED) is 0.268. The highest BCUT2D eigenvalue weighted by Gasteiger charge is 2.59. The van der Waals surface area contributed by atoms with Gasteiger partial charge in [-0.25, -0.2) is 4.39 Å². The maximum atomic E-state index is 13.6. The molecule has 0 bridgehead atoms. The van der Waals surface area contributed by atoms with Crippen LogP contribution in [0.1, 0.15) is 23.0 Å². The van der Waals surface area contributed by atoms with Gasteiger partial charge in [-0.05, 0) is 46.5 Å². The predicted molar refractivity (Wildman–Crippen MR) is 130 cm³/mol. The molecule has 1 aliphatic rings. The van der Waals surface area contributed by atoms with E-state index in [2.05, 4.69) is 0 Å². The molecule has 2 unspecified atom stereocenters. The highest BCUT2D eigenvalue weighted by atomic mass is 19.1. The van der Waals surface area contributed by atoms with Gasteiger partial charge in [-0.3, -0.25) is 9.59 Å². The van der Waals surface area contributed by atoms with Crippen molar-refractivity contribution < 1.29 is 23.8 Å². The first kappa shape index (κ1) is 22.5. The summed E-state index contributed by atoms with van der Waals surface area (Å²) in [4.78, 5) is 25.9. The number of ether oxygens (including phenoxy) is 1. The van der Waals surface area contributed by atoms with Crippen molar-refractivity contribution >= 4 is 11.9 Å². The summed E-state index contributed by atoms with van der Waals surface area (Å²) in [5.41, 5.74) is 3.18. The van der Waals surface area contributed by atoms with Crippen LogP contribution < -0.4 is 4.74 Å². The maximum Gasteiger partial charge on any atom is 0.315 e. The molecule has 4 aromatic carbocycles. The molecule has 1 fully saturated rings. The minimum Gasteiger partial charge on any atom is -0.481 e. The summed E-state index contributed by atoms with van der Waals surface area (Å²) < 4.78 is 19.1. The van der Waals surface area contributed by atoms with E-state index >= 15 is 0 Å². The van der Waals surface area contributed by atoms with Crippen LogP contribution in [0.2, 0.25) is 0 Å². The fourth-order valence-corrected chi connectivity index (χ4v) is 5.09. The van der Waals surface area contributed by atoms with Gasteiger partial charge in [0, 0.05) is 11.8 Å². The number of hydrogen-bond donors (Lipinski definition) is 1. The summed E-state index contributed by atoms with van der Waals surface area (Å²) in [6.45, 7) is 0. The van der Waals surface area contributed by atoms with Gasteiger partial charge in [0.05, 0.1) is 11.8 Å². The van der Waals surface area contributed by atoms with Crippen molar-refractivity contribution in [1.29, 1.82) is 0 Å². The van der Waals surface area contributed by atoms with Crippen molar-refractivity contribution in [1.82, 2.24) is 0 Å². The lowest BCUT2D eigenvalue weighted by molar-refractivity contribution is -0.158. The number of benzene rings is 4. The molecule has 0 saturated heterocycles. The van der Waals surface area contributed by atoms with E-state index in [-0.39, 0.29) is 5.82 Å². The van der Waals surface area contributed by atoms with Crippen LogP contribution in [-0.4, -0.2) is 17.0 Å². The Kier molecular flexibility index (Phi) is 6.15. The van der Waals surface area contributed by atoms with E-state index in [0.29, 0.717) is 5.75 Å². The molecule has 1 saturated carbocycles. The minimum atomic E-state index is -0.935. The van der Waals surface area contributed by atoms with Crippen LogP contribution in [0, 0.1) is 17.7 Å². The number of hydrogen-bond acceptors (Lipinski definition) is 3. The van der Waals surface area contributed by atoms with Gasteiger partial charge in [0.1, 0.15) is 11.6 Å². The van der Waals surface area contributed by atoms with Crippen molar-refractivity contribution in [2.45, 2.75) is 11.8 Å². The largest absolute Gasteiger partial charge is 0.481 e. The van der Waals surface area contributed by atoms with Crippen LogP contribution in [0.5, 0.6) is 5.75 Å². The van der Waals surface area contributed by atoms with Crippen LogP contribution in [-0.2, 0) is 9.59 Å². The Balaban J connectivity index is 1.48. The SMILES string of the molecule is O=C(O)C1C(c2ccccc2)C(C(=O)Oc2cccc(-c3ccc(F)cc3)c2)C1c1ccccc1. The van der Waals surface area contributed by atoms with Crippen LogP contribution in [0.3, 0.4) is 0 Å². The Hall–Kier alpha value is -4.25. The Morgan fingerprint density at radius 1 is 0.657 bits per heavy atom. The van der Waals surface area contributed by atoms with E-state index in [4.69, 9.17) is 4.74 Å². The Morgan fingerprint density at radius 3 is 1.77 bits per heavy atom. The van der Waals surface area contributed by atoms with Crippen molar-refractivity contribution in [3.63, 3.8) is 0 Å². The van der Waals surface area contributed by atoms with E-state index in [0.717, 1.165) is 22.3 Å². The van der Waals surface area contributed by atoms with Crippen molar-refractivity contribution in [3.8, 4) is 16.9 Å². The van der Waals surface area contributed by atoms with Gasteiger partial charge in [-0.2, -0.15) is 0 Å². The number of carboxylic acid groups (broad SMARTS) is 1. The van der Waals surface area contributed by atoms with E-state index in [1.807, 2.05) is 66.7 Å². The second-order valence-electron chi connectivity index (χ2n) is 8.72. The average molecular weight is 467 g/mol. The highest BCUT2D eigenvalue weighted by molar-refractivity contribution is 5.86. The van der Waals surface area contributed by atoms with Crippen molar-refractivity contribution in [2.75, 3.05) is 0 Å². The summed E-state index contributed by atoms with van der Waals surface area (Å²) >= 11 is 0.